The molecule has 1 N–H and O–H groups in total. The van der Waals surface area contributed by atoms with Crippen molar-refractivity contribution in [3.63, 3.8) is 0 Å². The molecule has 0 amide bonds. The highest BCUT2D eigenvalue weighted by Crippen LogP contribution is 2.45. The molecule has 1 aromatic rings. The van der Waals surface area contributed by atoms with Gasteiger partial charge in [0.15, 0.2) is 0 Å². The fourth-order valence-electron chi connectivity index (χ4n) is 1.32. The third kappa shape index (κ3) is 4.39. The number of hydrazone groups is 1. The molecule has 0 saturated carbocycles. The lowest BCUT2D eigenvalue weighted by molar-refractivity contribution is -0.361. The molecule has 0 radical (unpaired) electrons. The molecule has 0 unspecified atom stereocenters. The Kier molecular flexibility index (Phi) is 6.15. The summed E-state index contributed by atoms with van der Waals surface area (Å²) in [4.78, 5) is 0. The molecule has 12 heteroatoms. The molecular formula is C11H7BrF7IN2O. The van der Waals surface area contributed by atoms with Crippen LogP contribution < -0.4 is 10.2 Å². The summed E-state index contributed by atoms with van der Waals surface area (Å²) in [6, 6.07) is -2.66. The Bertz CT molecular complexity index is 607. The van der Waals surface area contributed by atoms with E-state index in [1.54, 1.807) is 6.07 Å². The van der Waals surface area contributed by atoms with E-state index in [0.29, 0.717) is 19.7 Å². The number of hydrogen-bond acceptors (Lipinski definition) is 3. The van der Waals surface area contributed by atoms with Crippen LogP contribution in [0.25, 0.3) is 0 Å². The van der Waals surface area contributed by atoms with Gasteiger partial charge in [-0.2, -0.15) is 35.8 Å². The molecule has 3 nitrogen and oxygen atoms in total. The van der Waals surface area contributed by atoms with Gasteiger partial charge >= 0.3 is 18.1 Å². The van der Waals surface area contributed by atoms with E-state index in [4.69, 9.17) is 4.74 Å². The lowest BCUT2D eigenvalue weighted by Gasteiger charge is -2.27. The quantitative estimate of drug-likeness (QED) is 0.199. The molecule has 0 saturated heterocycles. The highest BCUT2D eigenvalue weighted by molar-refractivity contribution is 14.1. The Hall–Kier alpha value is -0.790. The van der Waals surface area contributed by atoms with Crippen LogP contribution in [0.5, 0.6) is 5.75 Å². The zero-order valence-corrected chi connectivity index (χ0v) is 14.7. The van der Waals surface area contributed by atoms with Gasteiger partial charge in [-0.15, -0.1) is 0 Å². The average Bonchev–Trinajstić information content (AvgIpc) is 2.36. The Morgan fingerprint density at radius 1 is 1.17 bits per heavy atom. The van der Waals surface area contributed by atoms with Crippen molar-refractivity contribution in [2.45, 2.75) is 18.1 Å². The summed E-state index contributed by atoms with van der Waals surface area (Å²) in [6.07, 6.45) is -5.78. The van der Waals surface area contributed by atoms with Crippen molar-refractivity contribution in [3.05, 3.63) is 25.7 Å². The van der Waals surface area contributed by atoms with Gasteiger partial charge in [0.05, 0.1) is 16.9 Å². The van der Waals surface area contributed by atoms with E-state index in [1.807, 2.05) is 22.6 Å². The third-order valence-corrected chi connectivity index (χ3v) is 3.66. The van der Waals surface area contributed by atoms with E-state index < -0.39 is 18.1 Å². The first-order chi connectivity index (χ1) is 10.3. The molecule has 0 heterocycles. The second-order valence-electron chi connectivity index (χ2n) is 4.03. The number of hydrogen-bond donors (Lipinski definition) is 1. The van der Waals surface area contributed by atoms with Crippen molar-refractivity contribution in [3.8, 4) is 5.75 Å². The molecule has 0 aliphatic rings. The van der Waals surface area contributed by atoms with Crippen LogP contribution in [0.15, 0.2) is 21.7 Å². The monoisotopic (exact) mass is 522 g/mol. The van der Waals surface area contributed by atoms with Crippen molar-refractivity contribution in [1.29, 1.82) is 0 Å². The number of rotatable bonds is 5. The topological polar surface area (TPSA) is 33.6 Å². The maximum Gasteiger partial charge on any atom is 0.462 e. The standard InChI is InChI=1S/C11H7BrF7IN2O/c1-23-8-5(2-6(12)3-7(8)20)4-21-22-11(18,19)9(13,14)10(15,16)17/h2-4,22H,1H3/b21-4-. The summed E-state index contributed by atoms with van der Waals surface area (Å²) < 4.78 is 93.2. The smallest absolute Gasteiger partial charge is 0.462 e. The van der Waals surface area contributed by atoms with Crippen LogP contribution in [0, 0.1) is 3.57 Å². The van der Waals surface area contributed by atoms with Gasteiger partial charge in [-0.1, -0.05) is 15.9 Å². The van der Waals surface area contributed by atoms with Crippen molar-refractivity contribution in [2.75, 3.05) is 7.11 Å². The van der Waals surface area contributed by atoms with Gasteiger partial charge in [-0.05, 0) is 34.7 Å². The maximum absolute atomic E-state index is 13.0. The minimum Gasteiger partial charge on any atom is -0.495 e. The number of methoxy groups -OCH3 is 1. The molecule has 0 bridgehead atoms. The minimum atomic E-state index is -6.43. The van der Waals surface area contributed by atoms with Gasteiger partial charge < -0.3 is 4.74 Å². The number of halogens is 9. The molecule has 23 heavy (non-hydrogen) atoms. The lowest BCUT2D eigenvalue weighted by atomic mass is 10.2. The minimum absolute atomic E-state index is 0.0879. The fourth-order valence-corrected chi connectivity index (χ4v) is 3.09. The SMILES string of the molecule is COc1c(I)cc(Br)cc1/C=N\NC(F)(F)C(F)(F)C(F)(F)F. The van der Waals surface area contributed by atoms with Crippen LogP contribution in [0.1, 0.15) is 5.56 Å². The Balaban J connectivity index is 3.04. The van der Waals surface area contributed by atoms with Crippen molar-refractivity contribution in [2.24, 2.45) is 5.10 Å². The zero-order valence-electron chi connectivity index (χ0n) is 11.0. The van der Waals surface area contributed by atoms with E-state index in [-0.39, 0.29) is 11.3 Å². The largest absolute Gasteiger partial charge is 0.495 e. The van der Waals surface area contributed by atoms with Gasteiger partial charge in [0.25, 0.3) is 0 Å². The summed E-state index contributed by atoms with van der Waals surface area (Å²) in [5.74, 6) is -6.10. The number of benzene rings is 1. The molecule has 0 spiro atoms. The van der Waals surface area contributed by atoms with Gasteiger partial charge in [-0.3, -0.25) is 0 Å². The second kappa shape index (κ2) is 6.99. The van der Waals surface area contributed by atoms with Crippen LogP contribution >= 0.6 is 38.5 Å². The van der Waals surface area contributed by atoms with E-state index in [0.717, 1.165) is 0 Å². The maximum atomic E-state index is 13.0. The average molecular weight is 523 g/mol. The van der Waals surface area contributed by atoms with E-state index in [2.05, 4.69) is 21.0 Å². The molecule has 0 fully saturated rings. The first kappa shape index (κ1) is 20.3. The molecule has 130 valence electrons. The van der Waals surface area contributed by atoms with Crippen molar-refractivity contribution >= 4 is 44.7 Å². The Labute approximate surface area is 147 Å². The molecular weight excluding hydrogens is 516 g/mol. The van der Waals surface area contributed by atoms with Gasteiger partial charge in [-0.25, -0.2) is 5.43 Å². The Morgan fingerprint density at radius 3 is 2.22 bits per heavy atom. The zero-order chi connectivity index (χ0) is 18.1. The summed E-state index contributed by atoms with van der Waals surface area (Å²) in [5.41, 5.74) is 0.625. The number of nitrogens with one attached hydrogen (secondary N) is 1. The van der Waals surface area contributed by atoms with E-state index in [1.165, 1.54) is 13.2 Å². The van der Waals surface area contributed by atoms with E-state index in [9.17, 15) is 30.7 Å². The number of ether oxygens (including phenoxy) is 1. The van der Waals surface area contributed by atoms with Crippen LogP contribution in [-0.4, -0.2) is 31.5 Å². The van der Waals surface area contributed by atoms with Crippen LogP contribution in [-0.2, 0) is 0 Å². The summed E-state index contributed by atoms with van der Waals surface area (Å²) in [7, 11) is 1.27. The van der Waals surface area contributed by atoms with Crippen LogP contribution in [0.3, 0.4) is 0 Å². The number of alkyl halides is 7. The molecule has 0 aliphatic heterocycles. The predicted octanol–water partition coefficient (Wildman–Crippen LogP) is 4.78. The summed E-state index contributed by atoms with van der Waals surface area (Å²) in [5, 5.41) is 2.77. The molecule has 0 aliphatic carbocycles. The first-order valence-corrected chi connectivity index (χ1v) is 7.36. The molecule has 0 aromatic heterocycles. The molecule has 1 aromatic carbocycles. The highest BCUT2D eigenvalue weighted by Gasteiger charge is 2.73. The van der Waals surface area contributed by atoms with Gasteiger partial charge in [0.1, 0.15) is 5.75 Å². The predicted molar refractivity (Wildman–Crippen MR) is 80.1 cm³/mol. The molecule has 0 atom stereocenters. The van der Waals surface area contributed by atoms with Gasteiger partial charge in [0, 0.05) is 10.0 Å². The third-order valence-electron chi connectivity index (χ3n) is 2.40. The van der Waals surface area contributed by atoms with Crippen molar-refractivity contribution < 1.29 is 35.5 Å². The second-order valence-corrected chi connectivity index (χ2v) is 6.10. The van der Waals surface area contributed by atoms with E-state index >= 15 is 0 Å². The summed E-state index contributed by atoms with van der Waals surface area (Å²) >= 11 is 4.96. The van der Waals surface area contributed by atoms with Gasteiger partial charge in [0.2, 0.25) is 0 Å². The highest BCUT2D eigenvalue weighted by atomic mass is 127. The normalized spacial score (nSPS) is 13.5. The molecule has 1 rings (SSSR count). The fraction of sp³-hybridized carbons (Fsp3) is 0.364. The van der Waals surface area contributed by atoms with Crippen molar-refractivity contribution in [1.82, 2.24) is 5.43 Å². The number of nitrogens with zero attached hydrogens (tertiary/aromatic N) is 1. The summed E-state index contributed by atoms with van der Waals surface area (Å²) in [6.45, 7) is 0. The first-order valence-electron chi connectivity index (χ1n) is 5.49. The Morgan fingerprint density at radius 2 is 1.74 bits per heavy atom. The van der Waals surface area contributed by atoms with Crippen LogP contribution in [0.2, 0.25) is 0 Å². The van der Waals surface area contributed by atoms with Crippen LogP contribution in [0.4, 0.5) is 30.7 Å². The lowest BCUT2D eigenvalue weighted by Crippen LogP contribution is -2.58.